The normalized spacial score (nSPS) is 15.0. The number of esters is 1. The predicted molar refractivity (Wildman–Crippen MR) is 107 cm³/mol. The lowest BCUT2D eigenvalue weighted by Gasteiger charge is -2.18. The standard InChI is InChI=1S/C20H21N3O5S/c1-14(15-8-4-3-5-9-15)21-18(24)13-28-19(25)12-23(2)20-16-10-6-7-11-17(16)29(26,27)22-20/h3-11,14H,12-13H2,1-2H3,(H,21,24)/t14-/m1/s1. The van der Waals surface area contributed by atoms with Gasteiger partial charge in [0.2, 0.25) is 0 Å². The second-order valence-electron chi connectivity index (χ2n) is 6.60. The quantitative estimate of drug-likeness (QED) is 0.717. The molecule has 0 unspecified atom stereocenters. The summed E-state index contributed by atoms with van der Waals surface area (Å²) in [6.07, 6.45) is 0. The van der Waals surface area contributed by atoms with E-state index in [4.69, 9.17) is 4.74 Å². The summed E-state index contributed by atoms with van der Waals surface area (Å²) in [7, 11) is -2.23. The summed E-state index contributed by atoms with van der Waals surface area (Å²) in [6, 6.07) is 15.6. The number of rotatable bonds is 6. The van der Waals surface area contributed by atoms with Crippen LogP contribution in [0.15, 0.2) is 63.9 Å². The average molecular weight is 415 g/mol. The number of hydrogen-bond donors (Lipinski definition) is 1. The number of likely N-dealkylation sites (N-methyl/N-ethyl adjacent to an activating group) is 1. The van der Waals surface area contributed by atoms with E-state index in [1.165, 1.54) is 18.0 Å². The highest BCUT2D eigenvalue weighted by Gasteiger charge is 2.31. The van der Waals surface area contributed by atoms with E-state index in [9.17, 15) is 18.0 Å². The van der Waals surface area contributed by atoms with Crippen LogP contribution in [0, 0.1) is 0 Å². The lowest BCUT2D eigenvalue weighted by Crippen LogP contribution is -2.35. The molecule has 0 bridgehead atoms. The zero-order valence-corrected chi connectivity index (χ0v) is 16.8. The van der Waals surface area contributed by atoms with E-state index in [1.807, 2.05) is 37.3 Å². The monoisotopic (exact) mass is 415 g/mol. The highest BCUT2D eigenvalue weighted by molar-refractivity contribution is 7.90. The van der Waals surface area contributed by atoms with Gasteiger partial charge in [-0.1, -0.05) is 42.5 Å². The van der Waals surface area contributed by atoms with E-state index in [2.05, 4.69) is 9.71 Å². The fourth-order valence-corrected chi connectivity index (χ4v) is 4.18. The SMILES string of the molecule is C[C@@H](NC(=O)COC(=O)CN(C)C1=NS(=O)(=O)c2ccccc21)c1ccccc1. The molecule has 1 N–H and O–H groups in total. The molecule has 2 aromatic carbocycles. The maximum atomic E-state index is 12.1. The van der Waals surface area contributed by atoms with Gasteiger partial charge in [0.15, 0.2) is 12.4 Å². The Morgan fingerprint density at radius 3 is 2.48 bits per heavy atom. The lowest BCUT2D eigenvalue weighted by atomic mass is 10.1. The molecular weight excluding hydrogens is 394 g/mol. The predicted octanol–water partition coefficient (Wildman–Crippen LogP) is 1.49. The van der Waals surface area contributed by atoms with E-state index in [0.717, 1.165) is 5.56 Å². The Kier molecular flexibility index (Phi) is 5.97. The Bertz CT molecular complexity index is 1050. The molecule has 0 aromatic heterocycles. The number of amidine groups is 1. The molecule has 2 aromatic rings. The summed E-state index contributed by atoms with van der Waals surface area (Å²) in [5.74, 6) is -0.928. The van der Waals surface area contributed by atoms with Crippen molar-refractivity contribution in [2.75, 3.05) is 20.2 Å². The van der Waals surface area contributed by atoms with Crippen molar-refractivity contribution < 1.29 is 22.7 Å². The number of carbonyl (C=O) groups excluding carboxylic acids is 2. The molecule has 152 valence electrons. The number of nitrogens with zero attached hydrogens (tertiary/aromatic N) is 2. The minimum absolute atomic E-state index is 0.101. The maximum absolute atomic E-state index is 12.1. The van der Waals surface area contributed by atoms with Gasteiger partial charge in [-0.05, 0) is 24.6 Å². The summed E-state index contributed by atoms with van der Waals surface area (Å²) in [5, 5.41) is 2.75. The largest absolute Gasteiger partial charge is 0.454 e. The Labute approximate surface area is 169 Å². The minimum atomic E-state index is -3.77. The van der Waals surface area contributed by atoms with E-state index in [1.54, 1.807) is 18.2 Å². The van der Waals surface area contributed by atoms with Crippen molar-refractivity contribution in [3.05, 3.63) is 65.7 Å². The number of amides is 1. The molecule has 0 saturated carbocycles. The van der Waals surface area contributed by atoms with Crippen LogP contribution in [0.25, 0.3) is 0 Å². The summed E-state index contributed by atoms with van der Waals surface area (Å²) >= 11 is 0. The highest BCUT2D eigenvalue weighted by atomic mass is 32.2. The van der Waals surface area contributed by atoms with Gasteiger partial charge in [-0.3, -0.25) is 9.59 Å². The fraction of sp³-hybridized carbons (Fsp3) is 0.250. The van der Waals surface area contributed by atoms with Crippen molar-refractivity contribution in [2.45, 2.75) is 17.9 Å². The molecule has 0 saturated heterocycles. The Morgan fingerprint density at radius 1 is 1.10 bits per heavy atom. The van der Waals surface area contributed by atoms with Crippen LogP contribution in [0.5, 0.6) is 0 Å². The molecule has 3 rings (SSSR count). The first kappa shape index (κ1) is 20.5. The van der Waals surface area contributed by atoms with Crippen molar-refractivity contribution in [2.24, 2.45) is 4.40 Å². The van der Waals surface area contributed by atoms with Crippen molar-refractivity contribution in [1.82, 2.24) is 10.2 Å². The molecule has 1 atom stereocenters. The van der Waals surface area contributed by atoms with E-state index in [-0.39, 0.29) is 23.3 Å². The molecule has 0 fully saturated rings. The van der Waals surface area contributed by atoms with Crippen molar-refractivity contribution >= 4 is 27.7 Å². The zero-order valence-electron chi connectivity index (χ0n) is 16.0. The number of sulfonamides is 1. The van der Waals surface area contributed by atoms with Crippen molar-refractivity contribution in [3.63, 3.8) is 0 Å². The molecule has 29 heavy (non-hydrogen) atoms. The van der Waals surface area contributed by atoms with Crippen LogP contribution in [0.4, 0.5) is 0 Å². The third kappa shape index (κ3) is 4.80. The third-order valence-corrected chi connectivity index (χ3v) is 5.71. The molecule has 0 aliphatic carbocycles. The van der Waals surface area contributed by atoms with Gasteiger partial charge in [0, 0.05) is 12.6 Å². The van der Waals surface area contributed by atoms with Crippen LogP contribution in [0.2, 0.25) is 0 Å². The molecule has 1 aliphatic heterocycles. The van der Waals surface area contributed by atoms with Crippen LogP contribution < -0.4 is 5.32 Å². The smallest absolute Gasteiger partial charge is 0.326 e. The minimum Gasteiger partial charge on any atom is -0.454 e. The van der Waals surface area contributed by atoms with Gasteiger partial charge < -0.3 is 15.0 Å². The van der Waals surface area contributed by atoms with Crippen molar-refractivity contribution in [3.8, 4) is 0 Å². The Balaban J connectivity index is 1.53. The molecule has 8 nitrogen and oxygen atoms in total. The number of hydrogen-bond acceptors (Lipinski definition) is 6. The van der Waals surface area contributed by atoms with Crippen molar-refractivity contribution in [1.29, 1.82) is 0 Å². The summed E-state index contributed by atoms with van der Waals surface area (Å²) in [4.78, 5) is 25.6. The molecule has 1 aliphatic rings. The molecule has 1 amide bonds. The van der Waals surface area contributed by atoms with Crippen LogP contribution in [-0.2, 0) is 24.3 Å². The molecule has 0 radical (unpaired) electrons. The van der Waals surface area contributed by atoms with Crippen LogP contribution in [-0.4, -0.2) is 51.2 Å². The third-order valence-electron chi connectivity index (χ3n) is 4.38. The first-order chi connectivity index (χ1) is 13.8. The van der Waals surface area contributed by atoms with E-state index >= 15 is 0 Å². The highest BCUT2D eigenvalue weighted by Crippen LogP contribution is 2.26. The number of benzene rings is 2. The van der Waals surface area contributed by atoms with Gasteiger partial charge in [0.05, 0.1) is 6.04 Å². The Morgan fingerprint density at radius 2 is 1.76 bits per heavy atom. The average Bonchev–Trinajstić information content (AvgIpc) is 2.98. The molecule has 9 heteroatoms. The second-order valence-corrected chi connectivity index (χ2v) is 8.18. The number of ether oxygens (including phenoxy) is 1. The maximum Gasteiger partial charge on any atom is 0.326 e. The van der Waals surface area contributed by atoms with Gasteiger partial charge in [-0.2, -0.15) is 8.42 Å². The number of nitrogens with one attached hydrogen (secondary N) is 1. The summed E-state index contributed by atoms with van der Waals surface area (Å²) in [6.45, 7) is 1.16. The summed E-state index contributed by atoms with van der Waals surface area (Å²) in [5.41, 5.74) is 1.36. The van der Waals surface area contributed by atoms with Gasteiger partial charge in [0.1, 0.15) is 11.4 Å². The summed E-state index contributed by atoms with van der Waals surface area (Å²) < 4.78 is 33.0. The van der Waals surface area contributed by atoms with Gasteiger partial charge >= 0.3 is 5.97 Å². The topological polar surface area (TPSA) is 105 Å². The zero-order chi connectivity index (χ0) is 21.0. The van der Waals surface area contributed by atoms with Crippen LogP contribution in [0.3, 0.4) is 0 Å². The number of carbonyl (C=O) groups is 2. The molecular formula is C20H21N3O5S. The first-order valence-electron chi connectivity index (χ1n) is 8.93. The van der Waals surface area contributed by atoms with E-state index in [0.29, 0.717) is 5.56 Å². The van der Waals surface area contributed by atoms with Crippen LogP contribution in [0.1, 0.15) is 24.1 Å². The fourth-order valence-electron chi connectivity index (χ4n) is 2.93. The van der Waals surface area contributed by atoms with Gasteiger partial charge in [-0.25, -0.2) is 0 Å². The van der Waals surface area contributed by atoms with Gasteiger partial charge in [0.25, 0.3) is 15.9 Å². The second kappa shape index (κ2) is 8.44. The first-order valence-corrected chi connectivity index (χ1v) is 10.4. The lowest BCUT2D eigenvalue weighted by molar-refractivity contribution is -0.148. The van der Waals surface area contributed by atoms with Gasteiger partial charge in [-0.15, -0.1) is 4.40 Å². The Hall–Kier alpha value is -3.20. The number of fused-ring (bicyclic) bond motifs is 1. The molecule has 1 heterocycles. The van der Waals surface area contributed by atoms with Crippen LogP contribution >= 0.6 is 0 Å². The van der Waals surface area contributed by atoms with E-state index < -0.39 is 28.5 Å². The molecule has 0 spiro atoms.